The number of anilines is 1. The van der Waals surface area contributed by atoms with Crippen LogP contribution in [0.2, 0.25) is 0 Å². The lowest BCUT2D eigenvalue weighted by Gasteiger charge is -2.38. The smallest absolute Gasteiger partial charge is 0.381 e. The summed E-state index contributed by atoms with van der Waals surface area (Å²) >= 11 is 3.31. The van der Waals surface area contributed by atoms with Gasteiger partial charge >= 0.3 is 6.18 Å². The molecule has 1 aromatic carbocycles. The summed E-state index contributed by atoms with van der Waals surface area (Å²) in [6.45, 7) is 4.73. The fourth-order valence-electron chi connectivity index (χ4n) is 2.53. The van der Waals surface area contributed by atoms with E-state index in [1.165, 1.54) is 6.07 Å². The van der Waals surface area contributed by atoms with Gasteiger partial charge < -0.3 is 10.1 Å². The normalized spacial score (nSPS) is 26.7. The lowest BCUT2D eigenvalue weighted by Crippen LogP contribution is -2.41. The average molecular weight is 366 g/mol. The van der Waals surface area contributed by atoms with Crippen LogP contribution in [0.5, 0.6) is 0 Å². The second-order valence-corrected chi connectivity index (χ2v) is 6.53. The number of benzene rings is 1. The number of rotatable bonds is 3. The van der Waals surface area contributed by atoms with Crippen LogP contribution in [0.15, 0.2) is 22.7 Å². The highest BCUT2D eigenvalue weighted by Gasteiger charge is 2.33. The molecule has 1 N–H and O–H groups in total. The number of halogens is 4. The molecule has 0 aromatic heterocycles. The molecule has 2 atom stereocenters. The minimum Gasteiger partial charge on any atom is -0.381 e. The molecule has 2 nitrogen and oxygen atoms in total. The van der Waals surface area contributed by atoms with Crippen LogP contribution in [0.3, 0.4) is 0 Å². The van der Waals surface area contributed by atoms with Crippen molar-refractivity contribution in [2.75, 3.05) is 11.9 Å². The van der Waals surface area contributed by atoms with Gasteiger partial charge in [0.25, 0.3) is 0 Å². The summed E-state index contributed by atoms with van der Waals surface area (Å²) in [5, 5.41) is 3.22. The molecular formula is C15H19BrF3NO. The van der Waals surface area contributed by atoms with Crippen molar-refractivity contribution in [3.8, 4) is 0 Å². The van der Waals surface area contributed by atoms with Crippen LogP contribution in [-0.4, -0.2) is 18.2 Å². The number of ether oxygens (including phenoxy) is 1. The van der Waals surface area contributed by atoms with Crippen LogP contribution < -0.4 is 5.32 Å². The van der Waals surface area contributed by atoms with Crippen LogP contribution in [0, 0.1) is 0 Å². The second kappa shape index (κ2) is 6.16. The lowest BCUT2D eigenvalue weighted by atomic mass is 9.90. The van der Waals surface area contributed by atoms with E-state index in [1.54, 1.807) is 0 Å². The highest BCUT2D eigenvalue weighted by molar-refractivity contribution is 9.10. The first-order valence-electron chi connectivity index (χ1n) is 7.01. The van der Waals surface area contributed by atoms with Crippen LogP contribution in [0.25, 0.3) is 0 Å². The van der Waals surface area contributed by atoms with Gasteiger partial charge in [0.2, 0.25) is 0 Å². The van der Waals surface area contributed by atoms with Crippen molar-refractivity contribution in [2.45, 2.75) is 50.9 Å². The van der Waals surface area contributed by atoms with Crippen molar-refractivity contribution < 1.29 is 17.9 Å². The zero-order valence-corrected chi connectivity index (χ0v) is 13.6. The largest absolute Gasteiger partial charge is 0.416 e. The first-order chi connectivity index (χ1) is 9.73. The number of hydrogen-bond acceptors (Lipinski definition) is 2. The van der Waals surface area contributed by atoms with Crippen LogP contribution in [0.1, 0.15) is 38.7 Å². The average Bonchev–Trinajstić information content (AvgIpc) is 2.40. The maximum Gasteiger partial charge on any atom is 0.416 e. The molecule has 0 spiro atoms. The molecule has 0 saturated carbocycles. The van der Waals surface area contributed by atoms with Gasteiger partial charge in [-0.2, -0.15) is 13.2 Å². The maximum absolute atomic E-state index is 12.8. The van der Waals surface area contributed by atoms with Crippen molar-refractivity contribution in [1.29, 1.82) is 0 Å². The van der Waals surface area contributed by atoms with E-state index in [4.69, 9.17) is 4.74 Å². The molecule has 2 unspecified atom stereocenters. The SMILES string of the molecule is CCC1(C)CC(Nc2cc(C(F)(F)F)ccc2Br)CCO1. The Kier molecular flexibility index (Phi) is 4.88. The third kappa shape index (κ3) is 4.13. The van der Waals surface area contributed by atoms with Crippen molar-refractivity contribution in [2.24, 2.45) is 0 Å². The van der Waals surface area contributed by atoms with E-state index in [9.17, 15) is 13.2 Å². The van der Waals surface area contributed by atoms with Crippen LogP contribution >= 0.6 is 15.9 Å². The van der Waals surface area contributed by atoms with E-state index in [0.29, 0.717) is 16.8 Å². The Morgan fingerprint density at radius 1 is 1.43 bits per heavy atom. The van der Waals surface area contributed by atoms with Gasteiger partial charge in [0.1, 0.15) is 0 Å². The number of hydrogen-bond donors (Lipinski definition) is 1. The molecule has 0 radical (unpaired) electrons. The van der Waals surface area contributed by atoms with Crippen LogP contribution in [-0.2, 0) is 10.9 Å². The molecule has 1 heterocycles. The van der Waals surface area contributed by atoms with E-state index in [1.807, 2.05) is 6.92 Å². The van der Waals surface area contributed by atoms with E-state index in [2.05, 4.69) is 28.2 Å². The Morgan fingerprint density at radius 2 is 2.14 bits per heavy atom. The molecule has 1 fully saturated rings. The predicted molar refractivity (Wildman–Crippen MR) is 80.4 cm³/mol. The molecule has 0 amide bonds. The van der Waals surface area contributed by atoms with Gasteiger partial charge in [-0.15, -0.1) is 0 Å². The van der Waals surface area contributed by atoms with E-state index < -0.39 is 11.7 Å². The fourth-order valence-corrected chi connectivity index (χ4v) is 2.89. The van der Waals surface area contributed by atoms with Gasteiger partial charge in [-0.25, -0.2) is 0 Å². The summed E-state index contributed by atoms with van der Waals surface area (Å²) in [7, 11) is 0. The first kappa shape index (κ1) is 16.6. The van der Waals surface area contributed by atoms with Crippen molar-refractivity contribution in [3.63, 3.8) is 0 Å². The number of nitrogens with one attached hydrogen (secondary N) is 1. The minimum absolute atomic E-state index is 0.114. The topological polar surface area (TPSA) is 21.3 Å². The summed E-state index contributed by atoms with van der Waals surface area (Å²) in [6, 6.07) is 3.78. The Labute approximate surface area is 131 Å². The Morgan fingerprint density at radius 3 is 2.76 bits per heavy atom. The van der Waals surface area contributed by atoms with Crippen molar-refractivity contribution in [3.05, 3.63) is 28.2 Å². The summed E-state index contributed by atoms with van der Waals surface area (Å²) in [4.78, 5) is 0. The lowest BCUT2D eigenvalue weighted by molar-refractivity contribution is -0.137. The second-order valence-electron chi connectivity index (χ2n) is 5.68. The molecule has 1 aliphatic heterocycles. The summed E-state index contributed by atoms with van der Waals surface area (Å²) in [5.74, 6) is 0. The van der Waals surface area contributed by atoms with Gasteiger partial charge in [-0.05, 0) is 60.3 Å². The third-order valence-electron chi connectivity index (χ3n) is 4.00. The predicted octanol–water partition coefficient (Wildman–Crippen LogP) is 5.23. The summed E-state index contributed by atoms with van der Waals surface area (Å²) < 4.78 is 44.8. The standard InChI is InChI=1S/C15H19BrF3NO/c1-3-14(2)9-11(6-7-21-14)20-13-8-10(15(17,18)19)4-5-12(13)16/h4-5,8,11,20H,3,6-7,9H2,1-2H3. The van der Waals surface area contributed by atoms with Crippen molar-refractivity contribution >= 4 is 21.6 Å². The molecule has 2 rings (SSSR count). The summed E-state index contributed by atoms with van der Waals surface area (Å²) in [5.41, 5.74) is -0.363. The molecule has 0 aliphatic carbocycles. The van der Waals surface area contributed by atoms with E-state index in [0.717, 1.165) is 31.4 Å². The van der Waals surface area contributed by atoms with E-state index >= 15 is 0 Å². The highest BCUT2D eigenvalue weighted by Crippen LogP contribution is 2.36. The Hall–Kier alpha value is -0.750. The monoisotopic (exact) mass is 365 g/mol. The van der Waals surface area contributed by atoms with Gasteiger partial charge in [-0.3, -0.25) is 0 Å². The minimum atomic E-state index is -4.33. The van der Waals surface area contributed by atoms with Gasteiger partial charge in [0, 0.05) is 22.8 Å². The highest BCUT2D eigenvalue weighted by atomic mass is 79.9. The van der Waals surface area contributed by atoms with Gasteiger partial charge in [0.05, 0.1) is 11.2 Å². The molecule has 1 aromatic rings. The molecule has 21 heavy (non-hydrogen) atoms. The number of alkyl halides is 3. The zero-order chi connectivity index (χ0) is 15.7. The molecule has 118 valence electrons. The molecule has 0 bridgehead atoms. The molecule has 1 saturated heterocycles. The Bertz CT molecular complexity index is 506. The zero-order valence-electron chi connectivity index (χ0n) is 12.1. The van der Waals surface area contributed by atoms with Crippen LogP contribution in [0.4, 0.5) is 18.9 Å². The van der Waals surface area contributed by atoms with Gasteiger partial charge in [-0.1, -0.05) is 6.92 Å². The molecule has 1 aliphatic rings. The Balaban J connectivity index is 2.15. The molecular weight excluding hydrogens is 347 g/mol. The van der Waals surface area contributed by atoms with Crippen molar-refractivity contribution in [1.82, 2.24) is 0 Å². The molecule has 6 heteroatoms. The quantitative estimate of drug-likeness (QED) is 0.791. The fraction of sp³-hybridized carbons (Fsp3) is 0.600. The summed E-state index contributed by atoms with van der Waals surface area (Å²) in [6.07, 6.45) is -1.87. The van der Waals surface area contributed by atoms with E-state index in [-0.39, 0.29) is 11.6 Å². The third-order valence-corrected chi connectivity index (χ3v) is 4.69. The first-order valence-corrected chi connectivity index (χ1v) is 7.80. The maximum atomic E-state index is 12.8. The van der Waals surface area contributed by atoms with Gasteiger partial charge in [0.15, 0.2) is 0 Å².